The molecule has 7 nitrogen and oxygen atoms in total. The molecule has 1 aromatic carbocycles. The lowest BCUT2D eigenvalue weighted by Gasteiger charge is -2.16. The van der Waals surface area contributed by atoms with Gasteiger partial charge in [-0.15, -0.1) is 0 Å². The van der Waals surface area contributed by atoms with Crippen LogP contribution in [0, 0.1) is 12.8 Å². The van der Waals surface area contributed by atoms with Crippen LogP contribution in [-0.2, 0) is 0 Å². The van der Waals surface area contributed by atoms with E-state index in [1.54, 1.807) is 13.0 Å². The maximum absolute atomic E-state index is 13.5. The zero-order valence-electron chi connectivity index (χ0n) is 18.3. The molecule has 2 aliphatic carbocycles. The maximum Gasteiger partial charge on any atom is 0.263 e. The van der Waals surface area contributed by atoms with Crippen molar-refractivity contribution in [1.82, 2.24) is 20.3 Å². The third-order valence-electron chi connectivity index (χ3n) is 6.48. The Morgan fingerprint density at radius 3 is 2.79 bits per heavy atom. The van der Waals surface area contributed by atoms with E-state index in [2.05, 4.69) is 20.3 Å². The van der Waals surface area contributed by atoms with E-state index in [4.69, 9.17) is 4.74 Å². The van der Waals surface area contributed by atoms with Crippen LogP contribution < -0.4 is 10.1 Å². The average Bonchev–Trinajstić information content (AvgIpc) is 3.44. The van der Waals surface area contributed by atoms with Crippen molar-refractivity contribution in [2.75, 3.05) is 6.61 Å². The predicted molar refractivity (Wildman–Crippen MR) is 118 cm³/mol. The minimum atomic E-state index is -2.64. The summed E-state index contributed by atoms with van der Waals surface area (Å²) in [6, 6.07) is 4.01. The molecule has 2 atom stereocenters. The van der Waals surface area contributed by atoms with Gasteiger partial charge in [-0.3, -0.25) is 4.79 Å². The number of amides is 1. The first-order chi connectivity index (χ1) is 15.9. The van der Waals surface area contributed by atoms with Crippen molar-refractivity contribution in [3.05, 3.63) is 41.3 Å². The predicted octanol–water partition coefficient (Wildman–Crippen LogP) is 4.30. The number of aliphatic hydroxyl groups is 1. The fourth-order valence-corrected chi connectivity index (χ4v) is 4.44. The Morgan fingerprint density at radius 2 is 2.09 bits per heavy atom. The Morgan fingerprint density at radius 1 is 1.27 bits per heavy atom. The summed E-state index contributed by atoms with van der Waals surface area (Å²) in [5, 5.41) is 13.0. The summed E-state index contributed by atoms with van der Waals surface area (Å²) >= 11 is 0. The van der Waals surface area contributed by atoms with Crippen LogP contribution in [-0.4, -0.2) is 44.7 Å². The van der Waals surface area contributed by atoms with Gasteiger partial charge in [-0.05, 0) is 63.1 Å². The van der Waals surface area contributed by atoms with E-state index in [0.29, 0.717) is 58.2 Å². The number of fused-ring (bicyclic) bond motifs is 1. The topological polar surface area (TPSA) is 100 Å². The molecular weight excluding hydrogens is 430 g/mol. The fourth-order valence-electron chi connectivity index (χ4n) is 4.44. The SMILES string of the molecule is Cc1[nH]c2c(-c3cc(C(F)F)ccc3OCC3CC3)ncnc2c1C(=O)N[C@@H]1CCC[C@@H]1O. The number of carbonyl (C=O) groups is 1. The Bertz CT molecular complexity index is 1190. The molecule has 0 bridgehead atoms. The number of aromatic nitrogens is 3. The summed E-state index contributed by atoms with van der Waals surface area (Å²) in [5.41, 5.74) is 2.52. The quantitative estimate of drug-likeness (QED) is 0.492. The lowest BCUT2D eigenvalue weighted by molar-refractivity contribution is 0.0874. The molecule has 9 heteroatoms. The maximum atomic E-state index is 13.5. The lowest BCUT2D eigenvalue weighted by Crippen LogP contribution is -2.40. The molecule has 174 valence electrons. The Kier molecular flexibility index (Phi) is 5.74. The first-order valence-electron chi connectivity index (χ1n) is 11.3. The number of hydrogen-bond acceptors (Lipinski definition) is 5. The number of aliphatic hydroxyl groups excluding tert-OH is 1. The number of alkyl halides is 2. The molecule has 0 unspecified atom stereocenters. The summed E-state index contributed by atoms with van der Waals surface area (Å²) in [6.07, 6.45) is 2.57. The molecule has 2 fully saturated rings. The summed E-state index contributed by atoms with van der Waals surface area (Å²) in [5.74, 6) is 0.631. The third kappa shape index (κ3) is 4.29. The van der Waals surface area contributed by atoms with E-state index >= 15 is 0 Å². The molecule has 1 amide bonds. The molecule has 0 aliphatic heterocycles. The normalized spacial score (nSPS) is 20.5. The number of ether oxygens (including phenoxy) is 1. The zero-order valence-corrected chi connectivity index (χ0v) is 18.3. The Balaban J connectivity index is 1.56. The number of aromatic amines is 1. The number of aryl methyl sites for hydroxylation is 1. The van der Waals surface area contributed by atoms with Gasteiger partial charge in [0.05, 0.1) is 29.8 Å². The van der Waals surface area contributed by atoms with Gasteiger partial charge < -0.3 is 20.1 Å². The summed E-state index contributed by atoms with van der Waals surface area (Å²) in [6.45, 7) is 2.28. The summed E-state index contributed by atoms with van der Waals surface area (Å²) in [4.78, 5) is 24.9. The van der Waals surface area contributed by atoms with Crippen molar-refractivity contribution in [3.63, 3.8) is 0 Å². The summed E-state index contributed by atoms with van der Waals surface area (Å²) < 4.78 is 32.9. The van der Waals surface area contributed by atoms with Crippen molar-refractivity contribution in [3.8, 4) is 17.0 Å². The minimum Gasteiger partial charge on any atom is -0.493 e. The van der Waals surface area contributed by atoms with Crippen LogP contribution in [0.5, 0.6) is 5.75 Å². The lowest BCUT2D eigenvalue weighted by atomic mass is 10.0. The molecule has 2 aliphatic rings. The molecule has 2 saturated carbocycles. The highest BCUT2D eigenvalue weighted by Gasteiger charge is 2.29. The molecule has 33 heavy (non-hydrogen) atoms. The van der Waals surface area contributed by atoms with Crippen LogP contribution in [0.25, 0.3) is 22.3 Å². The first-order valence-corrected chi connectivity index (χ1v) is 11.3. The molecule has 0 saturated heterocycles. The molecule has 0 spiro atoms. The van der Waals surface area contributed by atoms with Gasteiger partial charge in [-0.25, -0.2) is 18.7 Å². The Hall–Kier alpha value is -3.07. The van der Waals surface area contributed by atoms with E-state index < -0.39 is 12.5 Å². The van der Waals surface area contributed by atoms with Crippen molar-refractivity contribution in [2.24, 2.45) is 5.92 Å². The van der Waals surface area contributed by atoms with E-state index in [1.807, 2.05) is 0 Å². The molecule has 5 rings (SSSR count). The second-order valence-electron chi connectivity index (χ2n) is 8.96. The second kappa shape index (κ2) is 8.70. The highest BCUT2D eigenvalue weighted by Crippen LogP contribution is 2.38. The van der Waals surface area contributed by atoms with Gasteiger partial charge in [0.15, 0.2) is 0 Å². The highest BCUT2D eigenvalue weighted by atomic mass is 19.3. The van der Waals surface area contributed by atoms with E-state index in [1.165, 1.54) is 18.5 Å². The van der Waals surface area contributed by atoms with Crippen molar-refractivity contribution in [2.45, 2.75) is 57.6 Å². The molecule has 2 heterocycles. The number of nitrogens with one attached hydrogen (secondary N) is 2. The third-order valence-corrected chi connectivity index (χ3v) is 6.48. The van der Waals surface area contributed by atoms with Crippen LogP contribution in [0.2, 0.25) is 0 Å². The van der Waals surface area contributed by atoms with Gasteiger partial charge in [-0.1, -0.05) is 0 Å². The second-order valence-corrected chi connectivity index (χ2v) is 8.96. The summed E-state index contributed by atoms with van der Waals surface area (Å²) in [7, 11) is 0. The smallest absolute Gasteiger partial charge is 0.263 e. The molecule has 2 aromatic heterocycles. The standard InChI is InChI=1S/C24H26F2N4O3/c1-12-19(24(32)30-16-3-2-4-17(16)31)21-22(29-12)20(27-11-28-21)15-9-14(23(25)26)7-8-18(15)33-10-13-5-6-13/h7-9,11,13,16-17,23,29,31H,2-6,10H2,1H3,(H,30,32)/t16-,17+/m1/s1. The number of halogens is 2. The Labute approximate surface area is 189 Å². The van der Waals surface area contributed by atoms with Gasteiger partial charge in [0.25, 0.3) is 12.3 Å². The fraction of sp³-hybridized carbons (Fsp3) is 0.458. The van der Waals surface area contributed by atoms with Crippen LogP contribution >= 0.6 is 0 Å². The molecular formula is C24H26F2N4O3. The van der Waals surface area contributed by atoms with E-state index in [9.17, 15) is 18.7 Å². The number of benzene rings is 1. The van der Waals surface area contributed by atoms with Crippen molar-refractivity contribution in [1.29, 1.82) is 0 Å². The molecule has 0 radical (unpaired) electrons. The monoisotopic (exact) mass is 456 g/mol. The number of nitrogens with zero attached hydrogens (tertiary/aromatic N) is 2. The van der Waals surface area contributed by atoms with Crippen molar-refractivity contribution < 1.29 is 23.4 Å². The minimum absolute atomic E-state index is 0.132. The number of carbonyl (C=O) groups excluding carboxylic acids is 1. The van der Waals surface area contributed by atoms with Gasteiger partial charge >= 0.3 is 0 Å². The number of hydrogen-bond donors (Lipinski definition) is 3. The van der Waals surface area contributed by atoms with Gasteiger partial charge in [0.2, 0.25) is 0 Å². The van der Waals surface area contributed by atoms with Crippen LogP contribution in [0.1, 0.15) is 60.1 Å². The number of H-pyrrole nitrogens is 1. The first kappa shape index (κ1) is 21.8. The van der Waals surface area contributed by atoms with Gasteiger partial charge in [0, 0.05) is 16.8 Å². The van der Waals surface area contributed by atoms with Gasteiger partial charge in [-0.2, -0.15) is 0 Å². The van der Waals surface area contributed by atoms with Crippen LogP contribution in [0.4, 0.5) is 8.78 Å². The number of rotatable bonds is 7. The largest absolute Gasteiger partial charge is 0.493 e. The van der Waals surface area contributed by atoms with Crippen LogP contribution in [0.3, 0.4) is 0 Å². The van der Waals surface area contributed by atoms with E-state index in [-0.39, 0.29) is 17.5 Å². The average molecular weight is 456 g/mol. The van der Waals surface area contributed by atoms with E-state index in [0.717, 1.165) is 25.7 Å². The zero-order chi connectivity index (χ0) is 23.1. The van der Waals surface area contributed by atoms with Gasteiger partial charge in [0.1, 0.15) is 23.3 Å². The van der Waals surface area contributed by atoms with Crippen LogP contribution in [0.15, 0.2) is 24.5 Å². The highest BCUT2D eigenvalue weighted by molar-refractivity contribution is 6.09. The van der Waals surface area contributed by atoms with Crippen molar-refractivity contribution >= 4 is 16.9 Å². The molecule has 3 N–H and O–H groups in total. The molecule has 3 aromatic rings.